The second-order valence-corrected chi connectivity index (χ2v) is 6.98. The van der Waals surface area contributed by atoms with Gasteiger partial charge >= 0.3 is 0 Å². The first kappa shape index (κ1) is 17.6. The van der Waals surface area contributed by atoms with Crippen LogP contribution in [0.2, 0.25) is 0 Å². The van der Waals surface area contributed by atoms with Crippen molar-refractivity contribution < 1.29 is 4.39 Å². The maximum atomic E-state index is 13.1. The molecule has 1 aliphatic heterocycles. The highest BCUT2D eigenvalue weighted by Gasteiger charge is 2.22. The molecule has 1 heterocycles. The molecule has 4 rings (SSSR count). The molecule has 0 atom stereocenters. The number of halogens is 1. The molecular formula is C24H23FN2. The summed E-state index contributed by atoms with van der Waals surface area (Å²) in [6.07, 6.45) is 8.97. The summed E-state index contributed by atoms with van der Waals surface area (Å²) in [5.74, 6) is 2.62. The number of hydrogen-bond acceptors (Lipinski definition) is 2. The number of benzene rings is 3. The molecule has 0 radical (unpaired) electrons. The number of fused-ring (bicyclic) bond motifs is 1. The monoisotopic (exact) mass is 358 g/mol. The van der Waals surface area contributed by atoms with Crippen molar-refractivity contribution in [1.82, 2.24) is 5.01 Å². The van der Waals surface area contributed by atoms with Gasteiger partial charge in [-0.2, -0.15) is 0 Å². The molecule has 0 aliphatic carbocycles. The molecule has 136 valence electrons. The SMILES string of the molecule is C#Cc1ccc(N2CCCCN2CCc2ccc(F)cc2)c2ccccc12. The van der Waals surface area contributed by atoms with Gasteiger partial charge in [-0.15, -0.1) is 6.42 Å². The number of anilines is 1. The fraction of sp³-hybridized carbons (Fsp3) is 0.250. The van der Waals surface area contributed by atoms with Crippen LogP contribution >= 0.6 is 0 Å². The van der Waals surface area contributed by atoms with Gasteiger partial charge in [-0.05, 0) is 54.5 Å². The van der Waals surface area contributed by atoms with Crippen LogP contribution in [0.3, 0.4) is 0 Å². The number of terminal acetylenes is 1. The molecule has 1 aliphatic rings. The van der Waals surface area contributed by atoms with Gasteiger partial charge in [0.15, 0.2) is 0 Å². The normalized spacial score (nSPS) is 15.0. The highest BCUT2D eigenvalue weighted by molar-refractivity contribution is 5.97. The van der Waals surface area contributed by atoms with Crippen molar-refractivity contribution >= 4 is 16.5 Å². The largest absolute Gasteiger partial charge is 0.305 e. The van der Waals surface area contributed by atoms with E-state index in [-0.39, 0.29) is 5.82 Å². The zero-order valence-corrected chi connectivity index (χ0v) is 15.4. The molecule has 1 fully saturated rings. The van der Waals surface area contributed by atoms with Crippen LogP contribution in [0, 0.1) is 18.2 Å². The van der Waals surface area contributed by atoms with E-state index in [2.05, 4.69) is 40.2 Å². The Labute approximate surface area is 160 Å². The summed E-state index contributed by atoms with van der Waals surface area (Å²) in [5, 5.41) is 7.14. The molecular weight excluding hydrogens is 335 g/mol. The number of nitrogens with zero attached hydrogens (tertiary/aromatic N) is 2. The highest BCUT2D eigenvalue weighted by atomic mass is 19.1. The first-order valence-electron chi connectivity index (χ1n) is 9.51. The average molecular weight is 358 g/mol. The molecule has 0 bridgehead atoms. The van der Waals surface area contributed by atoms with Crippen LogP contribution in [-0.2, 0) is 6.42 Å². The second-order valence-electron chi connectivity index (χ2n) is 6.98. The van der Waals surface area contributed by atoms with Gasteiger partial charge in [-0.3, -0.25) is 0 Å². The molecule has 1 saturated heterocycles. The first-order chi connectivity index (χ1) is 13.3. The minimum Gasteiger partial charge on any atom is -0.305 e. The summed E-state index contributed by atoms with van der Waals surface area (Å²) in [6, 6.07) is 19.4. The van der Waals surface area contributed by atoms with Crippen LogP contribution < -0.4 is 5.01 Å². The van der Waals surface area contributed by atoms with E-state index in [9.17, 15) is 4.39 Å². The van der Waals surface area contributed by atoms with Crippen LogP contribution in [-0.4, -0.2) is 24.6 Å². The number of rotatable bonds is 4. The Balaban J connectivity index is 1.62. The van der Waals surface area contributed by atoms with E-state index in [0.29, 0.717) is 0 Å². The van der Waals surface area contributed by atoms with Gasteiger partial charge in [0.05, 0.1) is 5.69 Å². The standard InChI is InChI=1S/C24H23FN2/c1-2-20-11-14-24(23-8-4-3-7-22(20)23)27-17-6-5-16-26(27)18-15-19-9-12-21(25)13-10-19/h1,3-4,7-14H,5-6,15-18H2. The van der Waals surface area contributed by atoms with Crippen LogP contribution in [0.1, 0.15) is 24.0 Å². The fourth-order valence-corrected chi connectivity index (χ4v) is 3.87. The summed E-state index contributed by atoms with van der Waals surface area (Å²) < 4.78 is 13.1. The van der Waals surface area contributed by atoms with E-state index >= 15 is 0 Å². The third-order valence-corrected chi connectivity index (χ3v) is 5.28. The van der Waals surface area contributed by atoms with Crippen molar-refractivity contribution in [2.24, 2.45) is 0 Å². The lowest BCUT2D eigenvalue weighted by Gasteiger charge is -2.41. The molecule has 3 aromatic carbocycles. The predicted octanol–water partition coefficient (Wildman–Crippen LogP) is 5.02. The Morgan fingerprint density at radius 3 is 2.41 bits per heavy atom. The summed E-state index contributed by atoms with van der Waals surface area (Å²) in [7, 11) is 0. The molecule has 3 aromatic rings. The maximum absolute atomic E-state index is 13.1. The van der Waals surface area contributed by atoms with Crippen molar-refractivity contribution in [1.29, 1.82) is 0 Å². The van der Waals surface area contributed by atoms with Gasteiger partial charge in [-0.1, -0.05) is 42.3 Å². The van der Waals surface area contributed by atoms with Crippen LogP contribution in [0.25, 0.3) is 10.8 Å². The second kappa shape index (κ2) is 7.82. The third-order valence-electron chi connectivity index (χ3n) is 5.28. The topological polar surface area (TPSA) is 6.48 Å². The van der Waals surface area contributed by atoms with Crippen molar-refractivity contribution in [3.05, 3.63) is 77.6 Å². The highest BCUT2D eigenvalue weighted by Crippen LogP contribution is 2.32. The molecule has 27 heavy (non-hydrogen) atoms. The Morgan fingerprint density at radius 1 is 0.889 bits per heavy atom. The lowest BCUT2D eigenvalue weighted by atomic mass is 10.0. The van der Waals surface area contributed by atoms with E-state index in [4.69, 9.17) is 6.42 Å². The molecule has 0 unspecified atom stereocenters. The molecule has 0 aromatic heterocycles. The van der Waals surface area contributed by atoms with Gasteiger partial charge in [0.2, 0.25) is 0 Å². The Morgan fingerprint density at radius 2 is 1.63 bits per heavy atom. The van der Waals surface area contributed by atoms with Crippen LogP contribution in [0.4, 0.5) is 10.1 Å². The smallest absolute Gasteiger partial charge is 0.123 e. The lowest BCUT2D eigenvalue weighted by molar-refractivity contribution is 0.215. The molecule has 3 heteroatoms. The van der Waals surface area contributed by atoms with Crippen LogP contribution in [0.5, 0.6) is 0 Å². The summed E-state index contributed by atoms with van der Waals surface area (Å²) in [6.45, 7) is 2.95. The minimum absolute atomic E-state index is 0.182. The van der Waals surface area contributed by atoms with Crippen LogP contribution in [0.15, 0.2) is 60.7 Å². The van der Waals surface area contributed by atoms with E-state index in [1.807, 2.05) is 24.3 Å². The van der Waals surface area contributed by atoms with Gasteiger partial charge in [0.1, 0.15) is 5.82 Å². The Hall–Kier alpha value is -2.83. The first-order valence-corrected chi connectivity index (χ1v) is 9.51. The lowest BCUT2D eigenvalue weighted by Crippen LogP contribution is -2.48. The summed E-state index contributed by atoms with van der Waals surface area (Å²) >= 11 is 0. The van der Waals surface area contributed by atoms with E-state index in [1.165, 1.54) is 36.0 Å². The molecule has 2 nitrogen and oxygen atoms in total. The van der Waals surface area contributed by atoms with E-state index in [1.54, 1.807) is 0 Å². The van der Waals surface area contributed by atoms with Crippen molar-refractivity contribution in [3.63, 3.8) is 0 Å². The maximum Gasteiger partial charge on any atom is 0.123 e. The van der Waals surface area contributed by atoms with E-state index in [0.717, 1.165) is 42.6 Å². The van der Waals surface area contributed by atoms with E-state index < -0.39 is 0 Å². The molecule has 0 spiro atoms. The summed E-state index contributed by atoms with van der Waals surface area (Å²) in [5.41, 5.74) is 3.31. The van der Waals surface area contributed by atoms with Crippen molar-refractivity contribution in [3.8, 4) is 12.3 Å². The zero-order valence-electron chi connectivity index (χ0n) is 15.4. The average Bonchev–Trinajstić information content (AvgIpc) is 2.73. The summed E-state index contributed by atoms with van der Waals surface area (Å²) in [4.78, 5) is 0. The van der Waals surface area contributed by atoms with Crippen molar-refractivity contribution in [2.75, 3.05) is 24.6 Å². The van der Waals surface area contributed by atoms with Crippen molar-refractivity contribution in [2.45, 2.75) is 19.3 Å². The fourth-order valence-electron chi connectivity index (χ4n) is 3.87. The number of hydrazine groups is 1. The van der Waals surface area contributed by atoms with Gasteiger partial charge < -0.3 is 5.01 Å². The molecule has 0 amide bonds. The third kappa shape index (κ3) is 3.67. The Bertz CT molecular complexity index is 972. The predicted molar refractivity (Wildman–Crippen MR) is 110 cm³/mol. The van der Waals surface area contributed by atoms with Gasteiger partial charge in [0, 0.05) is 30.6 Å². The molecule has 0 N–H and O–H groups in total. The van der Waals surface area contributed by atoms with Gasteiger partial charge in [-0.25, -0.2) is 9.40 Å². The Kier molecular flexibility index (Phi) is 5.09. The number of hydrogen-bond donors (Lipinski definition) is 0. The minimum atomic E-state index is -0.182. The van der Waals surface area contributed by atoms with Gasteiger partial charge in [0.25, 0.3) is 0 Å². The quantitative estimate of drug-likeness (QED) is 0.604. The molecule has 0 saturated carbocycles. The zero-order chi connectivity index (χ0) is 18.6.